The van der Waals surface area contributed by atoms with Gasteiger partial charge < -0.3 is 10.6 Å². The van der Waals surface area contributed by atoms with Gasteiger partial charge in [-0.1, -0.05) is 11.8 Å². The maximum absolute atomic E-state index is 12.9. The van der Waals surface area contributed by atoms with E-state index in [1.54, 1.807) is 0 Å². The van der Waals surface area contributed by atoms with Crippen LogP contribution in [0.5, 0.6) is 0 Å². The van der Waals surface area contributed by atoms with Crippen LogP contribution in [0.4, 0.5) is 0 Å². The van der Waals surface area contributed by atoms with Crippen LogP contribution in [0, 0.1) is 46.8 Å². The van der Waals surface area contributed by atoms with Crippen molar-refractivity contribution in [3.05, 3.63) is 5.56 Å². The van der Waals surface area contributed by atoms with E-state index in [0.717, 1.165) is 78.2 Å². The first-order valence-corrected chi connectivity index (χ1v) is 16.9. The number of hydrogen-bond donors (Lipinski definition) is 2. The molecule has 8 fully saturated rings. The van der Waals surface area contributed by atoms with Crippen molar-refractivity contribution in [1.29, 1.82) is 5.26 Å². The molecule has 0 unspecified atom stereocenters. The number of thioether (sulfide) groups is 2. The van der Waals surface area contributed by atoms with Crippen molar-refractivity contribution in [2.75, 3.05) is 11.5 Å². The van der Waals surface area contributed by atoms with Crippen molar-refractivity contribution < 1.29 is 9.59 Å². The van der Waals surface area contributed by atoms with Gasteiger partial charge in [-0.15, -0.1) is 11.8 Å². The van der Waals surface area contributed by atoms with Crippen LogP contribution in [-0.4, -0.2) is 38.8 Å². The Hall–Kier alpha value is -1.24. The maximum atomic E-state index is 12.9. The normalized spacial score (nSPS) is 40.5. The summed E-state index contributed by atoms with van der Waals surface area (Å²) in [5.41, 5.74) is 0.547. The van der Waals surface area contributed by atoms with E-state index in [1.165, 1.54) is 73.6 Å². The lowest BCUT2D eigenvalue weighted by Gasteiger charge is -2.56. The zero-order valence-electron chi connectivity index (χ0n) is 21.3. The maximum Gasteiger partial charge on any atom is 0.230 e. The summed E-state index contributed by atoms with van der Waals surface area (Å²) in [6.45, 7) is 0. The molecule has 8 bridgehead atoms. The van der Waals surface area contributed by atoms with Gasteiger partial charge in [0.05, 0.1) is 11.5 Å². The first kappa shape index (κ1) is 24.8. The number of nitrogens with one attached hydrogen (secondary N) is 2. The van der Waals surface area contributed by atoms with Crippen LogP contribution in [0.2, 0.25) is 0 Å². The van der Waals surface area contributed by atoms with E-state index in [2.05, 4.69) is 21.1 Å². The molecule has 198 valence electrons. The highest BCUT2D eigenvalue weighted by atomic mass is 32.2. The molecule has 2 N–H and O–H groups in total. The van der Waals surface area contributed by atoms with Gasteiger partial charge in [-0.25, -0.2) is 0 Å². The van der Waals surface area contributed by atoms with E-state index in [4.69, 9.17) is 0 Å². The van der Waals surface area contributed by atoms with Crippen molar-refractivity contribution in [3.63, 3.8) is 0 Å². The second-order valence-electron chi connectivity index (χ2n) is 13.3. The van der Waals surface area contributed by atoms with Crippen molar-refractivity contribution in [2.45, 2.75) is 97.4 Å². The standard InChI is InChI=1S/C28H36N4O2S3/c29-13-22-25(35-14-23(33)30-27-7-16-1-17(8-27)3-18(2-16)9-27)32-37-26(22)36-15-24(34)31-28-10-19-4-20(11-28)6-21(5-19)12-28/h16-21H,1-12,14-15H2,(H,30,33)(H,31,34). The van der Waals surface area contributed by atoms with E-state index >= 15 is 0 Å². The van der Waals surface area contributed by atoms with Gasteiger partial charge in [-0.2, -0.15) is 9.64 Å². The van der Waals surface area contributed by atoms with Crippen LogP contribution >= 0.6 is 35.1 Å². The lowest BCUT2D eigenvalue weighted by atomic mass is 9.53. The topological polar surface area (TPSA) is 94.9 Å². The highest BCUT2D eigenvalue weighted by Crippen LogP contribution is 2.56. The van der Waals surface area contributed by atoms with Crippen molar-refractivity contribution in [1.82, 2.24) is 15.0 Å². The highest BCUT2D eigenvalue weighted by molar-refractivity contribution is 8.02. The Bertz CT molecular complexity index is 991. The zero-order valence-corrected chi connectivity index (χ0v) is 23.7. The monoisotopic (exact) mass is 556 g/mol. The number of aromatic nitrogens is 1. The van der Waals surface area contributed by atoms with E-state index in [9.17, 15) is 14.9 Å². The molecule has 2 amide bonds. The Morgan fingerprint density at radius 1 is 0.784 bits per heavy atom. The Balaban J connectivity index is 0.923. The number of hydrogen-bond acceptors (Lipinski definition) is 7. The molecule has 9 heteroatoms. The predicted molar refractivity (Wildman–Crippen MR) is 146 cm³/mol. The molecule has 1 aromatic rings. The molecule has 0 spiro atoms. The zero-order chi connectivity index (χ0) is 25.2. The third-order valence-corrected chi connectivity index (χ3v) is 13.5. The number of carbonyl (C=O) groups excluding carboxylic acids is 2. The molecule has 37 heavy (non-hydrogen) atoms. The molecular formula is C28H36N4O2S3. The van der Waals surface area contributed by atoms with Gasteiger partial charge in [0.1, 0.15) is 20.9 Å². The summed E-state index contributed by atoms with van der Waals surface area (Å²) >= 11 is 4.05. The molecule has 0 atom stereocenters. The summed E-state index contributed by atoms with van der Waals surface area (Å²) < 4.78 is 5.28. The molecule has 0 radical (unpaired) electrons. The van der Waals surface area contributed by atoms with E-state index in [0.29, 0.717) is 16.3 Å². The SMILES string of the molecule is N#Cc1c(SCC(=O)NC23CC4CC(CC(C4)C2)C3)nsc1SCC(=O)NC12CC3CC(CC(C3)C1)C2. The molecular weight excluding hydrogens is 521 g/mol. The molecule has 1 heterocycles. The quantitative estimate of drug-likeness (QED) is 0.418. The molecule has 8 aliphatic carbocycles. The van der Waals surface area contributed by atoms with Gasteiger partial charge in [-0.3, -0.25) is 9.59 Å². The van der Waals surface area contributed by atoms with Gasteiger partial charge in [0.2, 0.25) is 11.8 Å². The third kappa shape index (κ3) is 4.84. The van der Waals surface area contributed by atoms with Crippen LogP contribution in [0.25, 0.3) is 0 Å². The number of nitrogens with zero attached hydrogens (tertiary/aromatic N) is 2. The van der Waals surface area contributed by atoms with Gasteiger partial charge in [-0.05, 0) is 124 Å². The van der Waals surface area contributed by atoms with Gasteiger partial charge in [0.25, 0.3) is 0 Å². The first-order chi connectivity index (χ1) is 17.9. The van der Waals surface area contributed by atoms with E-state index in [1.807, 2.05) is 0 Å². The lowest BCUT2D eigenvalue weighted by molar-refractivity contribution is -0.125. The minimum Gasteiger partial charge on any atom is -0.350 e. The minimum atomic E-state index is 0.0115. The third-order valence-electron chi connectivity index (χ3n) is 10.3. The number of carbonyl (C=O) groups is 2. The van der Waals surface area contributed by atoms with Gasteiger partial charge >= 0.3 is 0 Å². The fourth-order valence-electron chi connectivity index (χ4n) is 10.0. The van der Waals surface area contributed by atoms with Crippen LogP contribution in [0.1, 0.15) is 82.6 Å². The summed E-state index contributed by atoms with van der Waals surface area (Å²) in [7, 11) is 0. The molecule has 0 aromatic carbocycles. The summed E-state index contributed by atoms with van der Waals surface area (Å²) in [4.78, 5) is 25.9. The summed E-state index contributed by atoms with van der Waals surface area (Å²) in [5, 5.41) is 17.3. The molecule has 8 aliphatic rings. The molecule has 1 aromatic heterocycles. The largest absolute Gasteiger partial charge is 0.350 e. The number of rotatable bonds is 8. The van der Waals surface area contributed by atoms with Gasteiger partial charge in [0.15, 0.2) is 0 Å². The Morgan fingerprint density at radius 3 is 1.59 bits per heavy atom. The predicted octanol–water partition coefficient (Wildman–Crippen LogP) is 5.37. The fourth-order valence-corrected chi connectivity index (χ4v) is 12.7. The lowest BCUT2D eigenvalue weighted by Crippen LogP contribution is -2.60. The van der Waals surface area contributed by atoms with E-state index in [-0.39, 0.29) is 28.6 Å². The van der Waals surface area contributed by atoms with Crippen LogP contribution < -0.4 is 10.6 Å². The first-order valence-electron chi connectivity index (χ1n) is 14.2. The van der Waals surface area contributed by atoms with Crippen molar-refractivity contribution in [3.8, 4) is 6.07 Å². The van der Waals surface area contributed by atoms with Crippen molar-refractivity contribution in [2.24, 2.45) is 35.5 Å². The average Bonchev–Trinajstić information content (AvgIpc) is 3.21. The minimum absolute atomic E-state index is 0.0115. The van der Waals surface area contributed by atoms with Crippen molar-refractivity contribution >= 4 is 46.9 Å². The number of amides is 2. The fraction of sp³-hybridized carbons (Fsp3) is 0.786. The summed E-state index contributed by atoms with van der Waals surface area (Å²) in [6, 6.07) is 2.29. The Labute approximate surface area is 232 Å². The average molecular weight is 557 g/mol. The molecule has 8 saturated carbocycles. The number of nitriles is 1. The van der Waals surface area contributed by atoms with Crippen LogP contribution in [-0.2, 0) is 9.59 Å². The Morgan fingerprint density at radius 2 is 1.19 bits per heavy atom. The highest BCUT2D eigenvalue weighted by Gasteiger charge is 2.52. The van der Waals surface area contributed by atoms with Crippen LogP contribution in [0.3, 0.4) is 0 Å². The van der Waals surface area contributed by atoms with Crippen LogP contribution in [0.15, 0.2) is 9.24 Å². The Kier molecular flexibility index (Phi) is 6.33. The molecule has 9 rings (SSSR count). The molecule has 0 saturated heterocycles. The second-order valence-corrected chi connectivity index (χ2v) is 16.3. The second kappa shape index (κ2) is 9.45. The molecule has 6 nitrogen and oxygen atoms in total. The smallest absolute Gasteiger partial charge is 0.230 e. The van der Waals surface area contributed by atoms with Gasteiger partial charge in [0, 0.05) is 11.1 Å². The summed E-state index contributed by atoms with van der Waals surface area (Å²) in [5.74, 6) is 5.52. The molecule has 0 aliphatic heterocycles. The summed E-state index contributed by atoms with van der Waals surface area (Å²) in [6.07, 6.45) is 15.0. The van der Waals surface area contributed by atoms with E-state index < -0.39 is 0 Å².